The van der Waals surface area contributed by atoms with E-state index in [0.717, 1.165) is 16.3 Å². The van der Waals surface area contributed by atoms with Gasteiger partial charge in [0.15, 0.2) is 0 Å². The molecule has 0 radical (unpaired) electrons. The molecule has 1 aliphatic rings. The summed E-state index contributed by atoms with van der Waals surface area (Å²) in [6.07, 6.45) is 0. The summed E-state index contributed by atoms with van der Waals surface area (Å²) in [4.78, 5) is 0. The van der Waals surface area contributed by atoms with E-state index in [4.69, 9.17) is 0 Å². The Hall–Kier alpha value is -7.27. The molecular weight excluding hydrogens is 651 g/mol. The third kappa shape index (κ3) is 4.32. The van der Waals surface area contributed by atoms with Crippen molar-refractivity contribution in [3.63, 3.8) is 0 Å². The van der Waals surface area contributed by atoms with Crippen LogP contribution in [0.2, 0.25) is 0 Å². The average Bonchev–Trinajstić information content (AvgIpc) is 3.57. The van der Waals surface area contributed by atoms with Gasteiger partial charge >= 0.3 is 0 Å². The molecule has 0 saturated heterocycles. The van der Waals surface area contributed by atoms with Gasteiger partial charge in [-0.1, -0.05) is 182 Å². The van der Waals surface area contributed by atoms with Crippen LogP contribution in [0.3, 0.4) is 0 Å². The number of nitriles is 1. The highest BCUT2D eigenvalue weighted by atomic mass is 14.3. The second-order valence-electron chi connectivity index (χ2n) is 14.2. The van der Waals surface area contributed by atoms with Crippen LogP contribution in [-0.4, -0.2) is 0 Å². The van der Waals surface area contributed by atoms with Crippen LogP contribution in [0.15, 0.2) is 188 Å². The number of hydrogen-bond donors (Lipinski definition) is 0. The Morgan fingerprint density at radius 3 is 1.15 bits per heavy atom. The molecule has 0 aliphatic heterocycles. The van der Waals surface area contributed by atoms with Gasteiger partial charge in [0.05, 0.1) is 11.6 Å². The molecule has 1 nitrogen and oxygen atoms in total. The normalized spacial score (nSPS) is 11.7. The lowest BCUT2D eigenvalue weighted by Crippen LogP contribution is -1.93. The number of hydrogen-bond acceptors (Lipinski definition) is 1. The molecule has 0 bridgehead atoms. The minimum absolute atomic E-state index is 0.697. The molecule has 0 heterocycles. The zero-order valence-electron chi connectivity index (χ0n) is 29.3. The highest BCUT2D eigenvalue weighted by molar-refractivity contribution is 6.29. The lowest BCUT2D eigenvalue weighted by Gasteiger charge is -2.20. The van der Waals surface area contributed by atoms with E-state index in [2.05, 4.69) is 176 Å². The Bertz CT molecular complexity index is 3110. The maximum Gasteiger partial charge on any atom is 0.0998 e. The maximum absolute atomic E-state index is 9.86. The lowest BCUT2D eigenvalue weighted by molar-refractivity contribution is 1.50. The summed E-state index contributed by atoms with van der Waals surface area (Å²) in [7, 11) is 0. The van der Waals surface area contributed by atoms with Gasteiger partial charge in [0, 0.05) is 5.39 Å². The van der Waals surface area contributed by atoms with E-state index in [-0.39, 0.29) is 0 Å². The molecule has 0 unspecified atom stereocenters. The van der Waals surface area contributed by atoms with E-state index in [0.29, 0.717) is 5.56 Å². The molecular formula is C53H31N. The Labute approximate surface area is 313 Å². The SMILES string of the molecule is N#Cc1ccc(-c2ccc(-c3ccc4c5c(cccc35)-c3c-4c(-c4ccccc4)c4ccccc4c3-c3ccccc3)c3ccccc23)c2ccccc12. The minimum atomic E-state index is 0.697. The Morgan fingerprint density at radius 1 is 0.259 bits per heavy atom. The van der Waals surface area contributed by atoms with Gasteiger partial charge < -0.3 is 0 Å². The first kappa shape index (κ1) is 30.4. The number of nitrogens with zero attached hydrogens (tertiary/aromatic N) is 1. The van der Waals surface area contributed by atoms with Crippen molar-refractivity contribution in [1.82, 2.24) is 0 Å². The molecule has 0 saturated carbocycles. The van der Waals surface area contributed by atoms with Crippen molar-refractivity contribution in [2.45, 2.75) is 0 Å². The molecule has 0 atom stereocenters. The van der Waals surface area contributed by atoms with Crippen LogP contribution in [0.5, 0.6) is 0 Å². The van der Waals surface area contributed by atoms with Crippen molar-refractivity contribution in [2.75, 3.05) is 0 Å². The lowest BCUT2D eigenvalue weighted by atomic mass is 9.82. The molecule has 0 amide bonds. The molecule has 1 heteroatoms. The molecule has 0 fully saturated rings. The zero-order chi connectivity index (χ0) is 35.8. The van der Waals surface area contributed by atoms with Gasteiger partial charge in [-0.25, -0.2) is 0 Å². The highest BCUT2D eigenvalue weighted by Gasteiger charge is 2.31. The van der Waals surface area contributed by atoms with E-state index in [1.54, 1.807) is 0 Å². The quantitative estimate of drug-likeness (QED) is 0.181. The Morgan fingerprint density at radius 2 is 0.630 bits per heavy atom. The standard InChI is InChI=1S/C53H31N/c54-32-35-26-27-40(37-19-8-7-18-36(35)37)41-28-29-42(39-21-10-9-20-38(39)41)43-30-31-48-51-44(43)24-13-25-47(51)52-49(33-14-3-1-4-15-33)45-22-11-12-23-46(45)50(53(48)52)34-16-5-2-6-17-34/h1-31H. The van der Waals surface area contributed by atoms with Crippen molar-refractivity contribution >= 4 is 43.1 Å². The fraction of sp³-hybridized carbons (Fsp3) is 0. The number of fused-ring (bicyclic) bond motifs is 6. The molecule has 10 aromatic carbocycles. The smallest absolute Gasteiger partial charge is 0.0998 e. The Balaban J connectivity index is 1.20. The van der Waals surface area contributed by atoms with E-state index < -0.39 is 0 Å². The molecule has 10 aromatic rings. The van der Waals surface area contributed by atoms with Gasteiger partial charge in [-0.2, -0.15) is 5.26 Å². The second-order valence-corrected chi connectivity index (χ2v) is 14.2. The van der Waals surface area contributed by atoms with Crippen LogP contribution >= 0.6 is 0 Å². The second kappa shape index (κ2) is 11.9. The summed E-state index contributed by atoms with van der Waals surface area (Å²) in [5.74, 6) is 0. The van der Waals surface area contributed by atoms with E-state index >= 15 is 0 Å². The zero-order valence-corrected chi connectivity index (χ0v) is 29.3. The summed E-state index contributed by atoms with van der Waals surface area (Å²) in [5, 5.41) is 19.4. The predicted octanol–water partition coefficient (Wildman–Crippen LogP) is 14.5. The maximum atomic E-state index is 9.86. The van der Waals surface area contributed by atoms with Gasteiger partial charge in [0.25, 0.3) is 0 Å². The monoisotopic (exact) mass is 681 g/mol. The molecule has 0 N–H and O–H groups in total. The van der Waals surface area contributed by atoms with Crippen LogP contribution in [0.4, 0.5) is 0 Å². The number of rotatable bonds is 4. The minimum Gasteiger partial charge on any atom is -0.192 e. The topological polar surface area (TPSA) is 23.8 Å². The van der Waals surface area contributed by atoms with E-state index in [1.807, 2.05) is 18.2 Å². The first-order chi connectivity index (χ1) is 26.8. The predicted molar refractivity (Wildman–Crippen MR) is 227 cm³/mol. The van der Waals surface area contributed by atoms with Crippen molar-refractivity contribution < 1.29 is 0 Å². The van der Waals surface area contributed by atoms with Crippen molar-refractivity contribution in [3.8, 4) is 72.8 Å². The summed E-state index contributed by atoms with van der Waals surface area (Å²) in [6.45, 7) is 0. The first-order valence-electron chi connectivity index (χ1n) is 18.5. The summed E-state index contributed by atoms with van der Waals surface area (Å²) in [6, 6.07) is 70.4. The molecule has 54 heavy (non-hydrogen) atoms. The van der Waals surface area contributed by atoms with Crippen molar-refractivity contribution in [1.29, 1.82) is 5.26 Å². The summed E-state index contributed by atoms with van der Waals surface area (Å²) < 4.78 is 0. The van der Waals surface area contributed by atoms with Gasteiger partial charge in [0.2, 0.25) is 0 Å². The Kier molecular flexibility index (Phi) is 6.68. The van der Waals surface area contributed by atoms with Gasteiger partial charge in [0.1, 0.15) is 0 Å². The molecule has 248 valence electrons. The largest absolute Gasteiger partial charge is 0.192 e. The van der Waals surface area contributed by atoms with Crippen LogP contribution in [0, 0.1) is 11.3 Å². The van der Waals surface area contributed by atoms with E-state index in [1.165, 1.54) is 93.5 Å². The van der Waals surface area contributed by atoms with Crippen LogP contribution < -0.4 is 0 Å². The first-order valence-corrected chi connectivity index (χ1v) is 18.5. The fourth-order valence-electron chi connectivity index (χ4n) is 9.24. The van der Waals surface area contributed by atoms with E-state index in [9.17, 15) is 5.26 Å². The van der Waals surface area contributed by atoms with Gasteiger partial charge in [-0.3, -0.25) is 0 Å². The molecule has 11 rings (SSSR count). The van der Waals surface area contributed by atoms with Crippen LogP contribution in [0.25, 0.3) is 110 Å². The van der Waals surface area contributed by atoms with Gasteiger partial charge in [-0.05, 0) is 111 Å². The highest BCUT2D eigenvalue weighted by Crippen LogP contribution is 2.58. The molecule has 0 aromatic heterocycles. The summed E-state index contributed by atoms with van der Waals surface area (Å²) in [5.41, 5.74) is 15.7. The third-order valence-corrected chi connectivity index (χ3v) is 11.5. The number of benzene rings is 10. The van der Waals surface area contributed by atoms with Crippen molar-refractivity contribution in [2.24, 2.45) is 0 Å². The van der Waals surface area contributed by atoms with Crippen LogP contribution in [-0.2, 0) is 0 Å². The third-order valence-electron chi connectivity index (χ3n) is 11.5. The van der Waals surface area contributed by atoms with Crippen molar-refractivity contribution in [3.05, 3.63) is 194 Å². The molecule has 0 spiro atoms. The molecule has 1 aliphatic carbocycles. The van der Waals surface area contributed by atoms with Gasteiger partial charge in [-0.15, -0.1) is 0 Å². The fourth-order valence-corrected chi connectivity index (χ4v) is 9.24. The van der Waals surface area contributed by atoms with Crippen LogP contribution in [0.1, 0.15) is 5.56 Å². The summed E-state index contributed by atoms with van der Waals surface area (Å²) >= 11 is 0. The average molecular weight is 682 g/mol.